The van der Waals surface area contributed by atoms with Gasteiger partial charge in [0, 0.05) is 6.04 Å². The van der Waals surface area contributed by atoms with E-state index in [1.807, 2.05) is 0 Å². The van der Waals surface area contributed by atoms with Gasteiger partial charge in [0.05, 0.1) is 6.04 Å². The molecule has 0 spiro atoms. The fourth-order valence-electron chi connectivity index (χ4n) is 3.79. The highest BCUT2D eigenvalue weighted by Gasteiger charge is 2.42. The van der Waals surface area contributed by atoms with Gasteiger partial charge in [-0.3, -0.25) is 4.79 Å². The van der Waals surface area contributed by atoms with Gasteiger partial charge < -0.3 is 11.1 Å². The molecule has 0 aromatic heterocycles. The Morgan fingerprint density at radius 1 is 1.41 bits per heavy atom. The van der Waals surface area contributed by atoms with Crippen molar-refractivity contribution in [2.24, 2.45) is 23.5 Å². The minimum atomic E-state index is -0.318. The molecule has 1 amide bonds. The van der Waals surface area contributed by atoms with Crippen molar-refractivity contribution in [2.45, 2.75) is 64.5 Å². The summed E-state index contributed by atoms with van der Waals surface area (Å²) in [6, 6.07) is -0.0123. The van der Waals surface area contributed by atoms with Crippen LogP contribution in [0.25, 0.3) is 0 Å². The second kappa shape index (κ2) is 5.38. The Balaban J connectivity index is 1.81. The van der Waals surface area contributed by atoms with E-state index in [1.54, 1.807) is 0 Å². The third kappa shape index (κ3) is 2.82. The molecule has 3 nitrogen and oxygen atoms in total. The highest BCUT2D eigenvalue weighted by atomic mass is 16.2. The van der Waals surface area contributed by atoms with Crippen molar-refractivity contribution in [2.75, 3.05) is 0 Å². The number of amides is 1. The zero-order chi connectivity index (χ0) is 12.4. The first-order valence-electron chi connectivity index (χ1n) is 7.17. The van der Waals surface area contributed by atoms with Crippen LogP contribution in [0.15, 0.2) is 0 Å². The molecule has 0 radical (unpaired) electrons. The molecule has 2 saturated carbocycles. The van der Waals surface area contributed by atoms with Gasteiger partial charge >= 0.3 is 0 Å². The van der Waals surface area contributed by atoms with Gasteiger partial charge in [0.1, 0.15) is 0 Å². The molecule has 0 aromatic rings. The third-order valence-electron chi connectivity index (χ3n) is 4.74. The van der Waals surface area contributed by atoms with Crippen LogP contribution in [0.5, 0.6) is 0 Å². The van der Waals surface area contributed by atoms with E-state index in [0.29, 0.717) is 12.0 Å². The number of rotatable bonds is 5. The van der Waals surface area contributed by atoms with E-state index >= 15 is 0 Å². The predicted molar refractivity (Wildman–Crippen MR) is 69.4 cm³/mol. The van der Waals surface area contributed by atoms with Gasteiger partial charge in [-0.1, -0.05) is 19.8 Å². The largest absolute Gasteiger partial charge is 0.352 e. The maximum atomic E-state index is 11.9. The molecule has 0 aromatic carbocycles. The molecule has 0 saturated heterocycles. The number of nitrogens with two attached hydrogens (primary N) is 1. The van der Waals surface area contributed by atoms with E-state index in [-0.39, 0.29) is 11.9 Å². The number of carbonyl (C=O) groups is 1. The van der Waals surface area contributed by atoms with E-state index in [0.717, 1.165) is 24.7 Å². The van der Waals surface area contributed by atoms with E-state index in [4.69, 9.17) is 5.73 Å². The van der Waals surface area contributed by atoms with Gasteiger partial charge in [-0.05, 0) is 50.4 Å². The van der Waals surface area contributed by atoms with E-state index in [1.165, 1.54) is 25.7 Å². The van der Waals surface area contributed by atoms with Crippen molar-refractivity contribution >= 4 is 5.91 Å². The molecule has 5 atom stereocenters. The van der Waals surface area contributed by atoms with Gasteiger partial charge in [-0.25, -0.2) is 0 Å². The van der Waals surface area contributed by atoms with Gasteiger partial charge in [0.2, 0.25) is 5.91 Å². The number of nitrogens with one attached hydrogen (secondary N) is 1. The molecule has 0 heterocycles. The van der Waals surface area contributed by atoms with Crippen LogP contribution in [0.4, 0.5) is 0 Å². The van der Waals surface area contributed by atoms with Crippen LogP contribution in [-0.2, 0) is 4.79 Å². The Hall–Kier alpha value is -0.570. The van der Waals surface area contributed by atoms with Gasteiger partial charge in [-0.2, -0.15) is 0 Å². The molecular formula is C14H26N2O. The van der Waals surface area contributed by atoms with Crippen molar-refractivity contribution in [3.8, 4) is 0 Å². The van der Waals surface area contributed by atoms with E-state index < -0.39 is 0 Å². The van der Waals surface area contributed by atoms with Gasteiger partial charge in [0.25, 0.3) is 0 Å². The summed E-state index contributed by atoms with van der Waals surface area (Å²) in [4.78, 5) is 11.9. The summed E-state index contributed by atoms with van der Waals surface area (Å²) >= 11 is 0. The maximum Gasteiger partial charge on any atom is 0.237 e. The molecule has 2 fully saturated rings. The van der Waals surface area contributed by atoms with Crippen LogP contribution in [0.3, 0.4) is 0 Å². The van der Waals surface area contributed by atoms with Gasteiger partial charge in [0.15, 0.2) is 0 Å². The van der Waals surface area contributed by atoms with Crippen molar-refractivity contribution < 1.29 is 4.79 Å². The number of hydrogen-bond acceptors (Lipinski definition) is 2. The Bertz CT molecular complexity index is 279. The lowest BCUT2D eigenvalue weighted by Crippen LogP contribution is -2.47. The SMILES string of the molecule is CCCC(N)C(=O)NC(C)C1CC2CCC1C2. The van der Waals surface area contributed by atoms with Crippen LogP contribution >= 0.6 is 0 Å². The zero-order valence-electron chi connectivity index (χ0n) is 11.1. The number of hydrogen-bond donors (Lipinski definition) is 2. The summed E-state index contributed by atoms with van der Waals surface area (Å²) in [5, 5.41) is 3.13. The predicted octanol–water partition coefficient (Wildman–Crippen LogP) is 2.05. The summed E-state index contributed by atoms with van der Waals surface area (Å²) in [7, 11) is 0. The molecule has 2 bridgehead atoms. The zero-order valence-corrected chi connectivity index (χ0v) is 11.1. The molecule has 17 heavy (non-hydrogen) atoms. The van der Waals surface area contributed by atoms with Crippen LogP contribution < -0.4 is 11.1 Å². The van der Waals surface area contributed by atoms with Crippen LogP contribution in [-0.4, -0.2) is 18.0 Å². The fraction of sp³-hybridized carbons (Fsp3) is 0.929. The Kier molecular flexibility index (Phi) is 4.08. The maximum absolute atomic E-state index is 11.9. The molecule has 2 aliphatic carbocycles. The molecule has 3 heteroatoms. The molecule has 98 valence electrons. The fourth-order valence-corrected chi connectivity index (χ4v) is 3.79. The average molecular weight is 238 g/mol. The van der Waals surface area contributed by atoms with Crippen LogP contribution in [0, 0.1) is 17.8 Å². The van der Waals surface area contributed by atoms with E-state index in [2.05, 4.69) is 19.2 Å². The lowest BCUT2D eigenvalue weighted by Gasteiger charge is -2.29. The van der Waals surface area contributed by atoms with Crippen LogP contribution in [0.1, 0.15) is 52.4 Å². The summed E-state index contributed by atoms with van der Waals surface area (Å²) < 4.78 is 0. The highest BCUT2D eigenvalue weighted by molar-refractivity contribution is 5.81. The summed E-state index contributed by atoms with van der Waals surface area (Å²) in [5.41, 5.74) is 5.84. The van der Waals surface area contributed by atoms with Crippen molar-refractivity contribution in [3.05, 3.63) is 0 Å². The highest BCUT2D eigenvalue weighted by Crippen LogP contribution is 2.49. The second-order valence-corrected chi connectivity index (χ2v) is 6.03. The summed E-state index contributed by atoms with van der Waals surface area (Å²) in [5.74, 6) is 2.54. The minimum Gasteiger partial charge on any atom is -0.352 e. The summed E-state index contributed by atoms with van der Waals surface area (Å²) in [6.45, 7) is 4.22. The Morgan fingerprint density at radius 2 is 2.18 bits per heavy atom. The molecule has 0 aliphatic heterocycles. The monoisotopic (exact) mass is 238 g/mol. The topological polar surface area (TPSA) is 55.1 Å². The van der Waals surface area contributed by atoms with Gasteiger partial charge in [-0.15, -0.1) is 0 Å². The lowest BCUT2D eigenvalue weighted by atomic mass is 9.84. The first kappa shape index (κ1) is 12.9. The lowest BCUT2D eigenvalue weighted by molar-refractivity contribution is -0.123. The number of fused-ring (bicyclic) bond motifs is 2. The molecule has 2 aliphatic rings. The second-order valence-electron chi connectivity index (χ2n) is 6.03. The first-order chi connectivity index (χ1) is 8.11. The molecule has 3 N–H and O–H groups in total. The van der Waals surface area contributed by atoms with E-state index in [9.17, 15) is 4.79 Å². The Morgan fingerprint density at radius 3 is 2.71 bits per heavy atom. The number of carbonyl (C=O) groups excluding carboxylic acids is 1. The smallest absolute Gasteiger partial charge is 0.237 e. The van der Waals surface area contributed by atoms with Crippen molar-refractivity contribution in [3.63, 3.8) is 0 Å². The summed E-state index contributed by atoms with van der Waals surface area (Å²) in [6.07, 6.45) is 7.25. The Labute approximate surface area is 105 Å². The van der Waals surface area contributed by atoms with Crippen LogP contribution in [0.2, 0.25) is 0 Å². The van der Waals surface area contributed by atoms with Crippen molar-refractivity contribution in [1.29, 1.82) is 0 Å². The molecule has 5 unspecified atom stereocenters. The average Bonchev–Trinajstić information content (AvgIpc) is 2.90. The molecular weight excluding hydrogens is 212 g/mol. The molecule has 2 rings (SSSR count). The standard InChI is InChI=1S/C14H26N2O/c1-3-4-13(15)14(17)16-9(2)12-8-10-5-6-11(12)7-10/h9-13H,3-8,15H2,1-2H3,(H,16,17). The third-order valence-corrected chi connectivity index (χ3v) is 4.74. The normalized spacial score (nSPS) is 34.6. The first-order valence-corrected chi connectivity index (χ1v) is 7.17. The quantitative estimate of drug-likeness (QED) is 0.770. The van der Waals surface area contributed by atoms with Crippen molar-refractivity contribution in [1.82, 2.24) is 5.32 Å². The minimum absolute atomic E-state index is 0.0436.